The second kappa shape index (κ2) is 4.94. The van der Waals surface area contributed by atoms with Gasteiger partial charge in [-0.2, -0.15) is 0 Å². The maximum absolute atomic E-state index is 6.22. The van der Waals surface area contributed by atoms with Crippen molar-refractivity contribution in [3.05, 3.63) is 52.6 Å². The van der Waals surface area contributed by atoms with Gasteiger partial charge in [-0.25, -0.2) is 4.98 Å². The van der Waals surface area contributed by atoms with E-state index in [1.54, 1.807) is 0 Å². The molecule has 1 aromatic carbocycles. The van der Waals surface area contributed by atoms with E-state index < -0.39 is 0 Å². The molecule has 4 heteroatoms. The quantitative estimate of drug-likeness (QED) is 0.753. The van der Waals surface area contributed by atoms with Crippen LogP contribution in [0.3, 0.4) is 0 Å². The number of hydrogen-bond acceptors (Lipinski definition) is 2. The van der Waals surface area contributed by atoms with E-state index in [0.717, 1.165) is 21.4 Å². The molecule has 0 fully saturated rings. The summed E-state index contributed by atoms with van der Waals surface area (Å²) < 4.78 is 2.88. The Morgan fingerprint density at radius 3 is 2.45 bits per heavy atom. The van der Waals surface area contributed by atoms with Gasteiger partial charge in [0.05, 0.1) is 0 Å². The first-order valence-corrected chi connectivity index (χ1v) is 7.39. The number of nitrogen functional groups attached to an aromatic ring is 1. The fourth-order valence-electron chi connectivity index (χ4n) is 2.28. The lowest BCUT2D eigenvalue weighted by Crippen LogP contribution is -1.94. The molecule has 102 valence electrons. The predicted octanol–water partition coefficient (Wildman–Crippen LogP) is 4.47. The maximum atomic E-state index is 6.22. The molecule has 0 unspecified atom stereocenters. The number of nitrogens with two attached hydrogens (primary N) is 1. The van der Waals surface area contributed by atoms with Gasteiger partial charge >= 0.3 is 0 Å². The molecule has 2 heterocycles. The van der Waals surface area contributed by atoms with Gasteiger partial charge in [-0.1, -0.05) is 38.1 Å². The fraction of sp³-hybridized carbons (Fsp3) is 0.188. The standard InChI is InChI=1S/C16H16BrN3/c1-10(2)11-3-5-12(6-4-11)15-16(18)20-9-13(17)7-8-14(20)19-15/h3-10H,18H2,1-2H3. The maximum Gasteiger partial charge on any atom is 0.139 e. The molecule has 0 saturated carbocycles. The van der Waals surface area contributed by atoms with E-state index in [1.807, 2.05) is 22.7 Å². The average molecular weight is 330 g/mol. The van der Waals surface area contributed by atoms with Crippen LogP contribution in [-0.2, 0) is 0 Å². The van der Waals surface area contributed by atoms with Crippen molar-refractivity contribution in [2.24, 2.45) is 0 Å². The van der Waals surface area contributed by atoms with Gasteiger partial charge in [0.2, 0.25) is 0 Å². The van der Waals surface area contributed by atoms with Crippen molar-refractivity contribution in [2.75, 3.05) is 5.73 Å². The minimum Gasteiger partial charge on any atom is -0.383 e. The zero-order valence-electron chi connectivity index (χ0n) is 11.5. The first-order chi connectivity index (χ1) is 9.56. The van der Waals surface area contributed by atoms with Crippen LogP contribution in [0.2, 0.25) is 0 Å². The van der Waals surface area contributed by atoms with Crippen molar-refractivity contribution in [3.63, 3.8) is 0 Å². The van der Waals surface area contributed by atoms with Crippen molar-refractivity contribution in [2.45, 2.75) is 19.8 Å². The summed E-state index contributed by atoms with van der Waals surface area (Å²) in [7, 11) is 0. The summed E-state index contributed by atoms with van der Waals surface area (Å²) in [6.07, 6.45) is 1.93. The molecule has 0 aliphatic carbocycles. The van der Waals surface area contributed by atoms with Gasteiger partial charge < -0.3 is 5.73 Å². The van der Waals surface area contributed by atoms with Gasteiger partial charge in [-0.3, -0.25) is 4.40 Å². The molecule has 2 aromatic heterocycles. The number of aromatic nitrogens is 2. The molecule has 0 bridgehead atoms. The fourth-order valence-corrected chi connectivity index (χ4v) is 2.61. The highest BCUT2D eigenvalue weighted by Crippen LogP contribution is 2.28. The summed E-state index contributed by atoms with van der Waals surface area (Å²) in [6.45, 7) is 4.37. The number of fused-ring (bicyclic) bond motifs is 1. The Labute approximate surface area is 126 Å². The third-order valence-corrected chi connectivity index (χ3v) is 3.94. The number of halogens is 1. The van der Waals surface area contributed by atoms with Crippen molar-refractivity contribution in [1.29, 1.82) is 0 Å². The van der Waals surface area contributed by atoms with Gasteiger partial charge in [0.15, 0.2) is 0 Å². The second-order valence-electron chi connectivity index (χ2n) is 5.20. The number of imidazole rings is 1. The minimum absolute atomic E-state index is 0.526. The molecule has 0 atom stereocenters. The van der Waals surface area contributed by atoms with E-state index in [0.29, 0.717) is 11.7 Å². The summed E-state index contributed by atoms with van der Waals surface area (Å²) in [5, 5.41) is 0. The Kier molecular flexibility index (Phi) is 3.26. The van der Waals surface area contributed by atoms with E-state index in [9.17, 15) is 0 Å². The van der Waals surface area contributed by atoms with Gasteiger partial charge in [0.25, 0.3) is 0 Å². The highest BCUT2D eigenvalue weighted by Gasteiger charge is 2.11. The lowest BCUT2D eigenvalue weighted by atomic mass is 10.0. The average Bonchev–Trinajstić information content (AvgIpc) is 2.76. The zero-order valence-corrected chi connectivity index (χ0v) is 13.1. The van der Waals surface area contributed by atoms with Crippen LogP contribution in [-0.4, -0.2) is 9.38 Å². The molecule has 0 radical (unpaired) electrons. The van der Waals surface area contributed by atoms with Crippen LogP contribution in [0.25, 0.3) is 16.9 Å². The van der Waals surface area contributed by atoms with Crippen LogP contribution in [0.1, 0.15) is 25.3 Å². The van der Waals surface area contributed by atoms with Crippen LogP contribution in [0.4, 0.5) is 5.82 Å². The lowest BCUT2D eigenvalue weighted by Gasteiger charge is -2.06. The lowest BCUT2D eigenvalue weighted by molar-refractivity contribution is 0.867. The molecule has 3 aromatic rings. The third-order valence-electron chi connectivity index (χ3n) is 3.47. The summed E-state index contributed by atoms with van der Waals surface area (Å²) in [5.41, 5.74) is 10.3. The normalized spacial score (nSPS) is 11.4. The topological polar surface area (TPSA) is 43.3 Å². The van der Waals surface area contributed by atoms with E-state index in [-0.39, 0.29) is 0 Å². The van der Waals surface area contributed by atoms with Gasteiger partial charge in [0.1, 0.15) is 17.2 Å². The largest absolute Gasteiger partial charge is 0.383 e. The number of nitrogens with zero attached hydrogens (tertiary/aromatic N) is 2. The second-order valence-corrected chi connectivity index (χ2v) is 6.11. The number of pyridine rings is 1. The Morgan fingerprint density at radius 1 is 1.10 bits per heavy atom. The van der Waals surface area contributed by atoms with Crippen LogP contribution in [0.5, 0.6) is 0 Å². The molecule has 0 amide bonds. The number of hydrogen-bond donors (Lipinski definition) is 1. The first kappa shape index (κ1) is 13.2. The highest BCUT2D eigenvalue weighted by molar-refractivity contribution is 9.10. The van der Waals surface area contributed by atoms with Crippen molar-refractivity contribution in [1.82, 2.24) is 9.38 Å². The summed E-state index contributed by atoms with van der Waals surface area (Å²) >= 11 is 3.45. The molecular weight excluding hydrogens is 314 g/mol. The monoisotopic (exact) mass is 329 g/mol. The molecule has 20 heavy (non-hydrogen) atoms. The van der Waals surface area contributed by atoms with Gasteiger partial charge in [-0.05, 0) is 39.5 Å². The van der Waals surface area contributed by atoms with Gasteiger partial charge in [0, 0.05) is 16.2 Å². The molecule has 2 N–H and O–H groups in total. The predicted molar refractivity (Wildman–Crippen MR) is 86.8 cm³/mol. The van der Waals surface area contributed by atoms with E-state index >= 15 is 0 Å². The Bertz CT molecular complexity index is 757. The molecule has 0 aliphatic rings. The summed E-state index contributed by atoms with van der Waals surface area (Å²) in [4.78, 5) is 4.62. The molecular formula is C16H16BrN3. The van der Waals surface area contributed by atoms with Crippen molar-refractivity contribution >= 4 is 27.4 Å². The molecule has 0 saturated heterocycles. The van der Waals surface area contributed by atoms with Crippen LogP contribution in [0, 0.1) is 0 Å². The van der Waals surface area contributed by atoms with Crippen LogP contribution in [0.15, 0.2) is 47.1 Å². The summed E-state index contributed by atoms with van der Waals surface area (Å²) in [6, 6.07) is 12.4. The van der Waals surface area contributed by atoms with Crippen molar-refractivity contribution < 1.29 is 0 Å². The molecule has 0 aliphatic heterocycles. The van der Waals surface area contributed by atoms with Crippen LogP contribution < -0.4 is 5.73 Å². The van der Waals surface area contributed by atoms with E-state index in [1.165, 1.54) is 5.56 Å². The van der Waals surface area contributed by atoms with Gasteiger partial charge in [-0.15, -0.1) is 0 Å². The first-order valence-electron chi connectivity index (χ1n) is 6.59. The molecule has 3 rings (SSSR count). The molecule has 3 nitrogen and oxygen atoms in total. The zero-order chi connectivity index (χ0) is 14.3. The van der Waals surface area contributed by atoms with Crippen molar-refractivity contribution in [3.8, 4) is 11.3 Å². The van der Waals surface area contributed by atoms with E-state index in [2.05, 4.69) is 59.0 Å². The third kappa shape index (κ3) is 2.20. The summed E-state index contributed by atoms with van der Waals surface area (Å²) in [5.74, 6) is 1.19. The van der Waals surface area contributed by atoms with E-state index in [4.69, 9.17) is 5.73 Å². The SMILES string of the molecule is CC(C)c1ccc(-c2nc3ccc(Br)cn3c2N)cc1. The smallest absolute Gasteiger partial charge is 0.139 e. The number of benzene rings is 1. The molecule has 0 spiro atoms. The van der Waals surface area contributed by atoms with Crippen LogP contribution >= 0.6 is 15.9 Å². The Balaban J connectivity index is 2.12. The minimum atomic E-state index is 0.526. The highest BCUT2D eigenvalue weighted by atomic mass is 79.9. The Morgan fingerprint density at radius 2 is 1.80 bits per heavy atom. The number of rotatable bonds is 2. The number of anilines is 1. The Hall–Kier alpha value is -1.81.